The van der Waals surface area contributed by atoms with Crippen molar-refractivity contribution in [1.29, 1.82) is 0 Å². The van der Waals surface area contributed by atoms with Crippen molar-refractivity contribution in [2.75, 3.05) is 25.0 Å². The summed E-state index contributed by atoms with van der Waals surface area (Å²) in [6, 6.07) is 2.63. The van der Waals surface area contributed by atoms with Gasteiger partial charge in [-0.1, -0.05) is 51.8 Å². The van der Waals surface area contributed by atoms with E-state index in [-0.39, 0.29) is 41.1 Å². The monoisotopic (exact) mass is 639 g/mol. The molecule has 2 heterocycles. The summed E-state index contributed by atoms with van der Waals surface area (Å²) >= 11 is 0. The SMILES string of the molecule is CCC(=O)N[C@@H](C(=O)N1CCNC2(CC2)C1)[C@@H](C)c1ccc(NC(=O)[C@@H](NC(=O)c2nonc2CC)[C@H]2CC[C@H](C)CC2)c(F)c1. The maximum absolute atomic E-state index is 15.6. The third kappa shape index (κ3) is 7.56. The third-order valence-corrected chi connectivity index (χ3v) is 9.93. The predicted molar refractivity (Wildman–Crippen MR) is 168 cm³/mol. The average Bonchev–Trinajstić information content (AvgIpc) is 3.60. The third-order valence-electron chi connectivity index (χ3n) is 9.93. The van der Waals surface area contributed by atoms with Gasteiger partial charge in [0.25, 0.3) is 5.91 Å². The van der Waals surface area contributed by atoms with Crippen LogP contribution in [-0.4, -0.2) is 76.1 Å². The molecule has 2 saturated carbocycles. The number of rotatable bonds is 11. The number of carbonyl (C=O) groups excluding carboxylic acids is 4. The van der Waals surface area contributed by atoms with E-state index in [2.05, 4.69) is 38.5 Å². The summed E-state index contributed by atoms with van der Waals surface area (Å²) in [7, 11) is 0. The molecule has 1 aliphatic heterocycles. The van der Waals surface area contributed by atoms with Crippen molar-refractivity contribution in [3.63, 3.8) is 0 Å². The van der Waals surface area contributed by atoms with Gasteiger partial charge in [0.2, 0.25) is 17.7 Å². The number of nitrogens with one attached hydrogen (secondary N) is 4. The van der Waals surface area contributed by atoms with Crippen LogP contribution in [0.1, 0.15) is 100 Å². The van der Waals surface area contributed by atoms with E-state index >= 15 is 4.39 Å². The molecule has 0 unspecified atom stereocenters. The lowest BCUT2D eigenvalue weighted by Crippen LogP contribution is -2.59. The molecule has 1 saturated heterocycles. The molecule has 2 aromatic rings. The first kappa shape index (κ1) is 33.5. The molecule has 5 rings (SSSR count). The van der Waals surface area contributed by atoms with Crippen molar-refractivity contribution in [2.24, 2.45) is 11.8 Å². The number of anilines is 1. The Labute approximate surface area is 269 Å². The molecule has 3 atom stereocenters. The summed E-state index contributed by atoms with van der Waals surface area (Å²) in [5.41, 5.74) is 0.861. The summed E-state index contributed by atoms with van der Waals surface area (Å²) in [6.07, 6.45) is 5.99. The summed E-state index contributed by atoms with van der Waals surface area (Å²) in [4.78, 5) is 54.8. The lowest BCUT2D eigenvalue weighted by Gasteiger charge is -2.37. The molecule has 1 aromatic carbocycles. The van der Waals surface area contributed by atoms with Gasteiger partial charge in [-0.3, -0.25) is 19.2 Å². The van der Waals surface area contributed by atoms with Crippen LogP contribution in [0.15, 0.2) is 22.8 Å². The molecular weight excluding hydrogens is 593 g/mol. The molecular formula is C33H46FN7O5. The summed E-state index contributed by atoms with van der Waals surface area (Å²) in [5.74, 6) is -2.37. The number of benzene rings is 1. The smallest absolute Gasteiger partial charge is 0.276 e. The molecule has 0 bridgehead atoms. The minimum absolute atomic E-state index is 0.0279. The number of halogens is 1. The van der Waals surface area contributed by atoms with Crippen LogP contribution in [0.4, 0.5) is 10.1 Å². The highest BCUT2D eigenvalue weighted by Gasteiger charge is 2.47. The molecule has 46 heavy (non-hydrogen) atoms. The van der Waals surface area contributed by atoms with Gasteiger partial charge >= 0.3 is 0 Å². The maximum Gasteiger partial charge on any atom is 0.276 e. The Bertz CT molecular complexity index is 1440. The molecule has 3 fully saturated rings. The molecule has 3 aliphatic rings. The van der Waals surface area contributed by atoms with Gasteiger partial charge in [-0.25, -0.2) is 9.02 Å². The largest absolute Gasteiger partial charge is 0.344 e. The zero-order valence-corrected chi connectivity index (χ0v) is 27.2. The van der Waals surface area contributed by atoms with Gasteiger partial charge in [0.1, 0.15) is 23.6 Å². The van der Waals surface area contributed by atoms with Gasteiger partial charge in [0, 0.05) is 37.5 Å². The van der Waals surface area contributed by atoms with Crippen molar-refractivity contribution < 1.29 is 28.2 Å². The van der Waals surface area contributed by atoms with Gasteiger partial charge < -0.3 is 26.2 Å². The number of nitrogens with zero attached hydrogens (tertiary/aromatic N) is 3. The van der Waals surface area contributed by atoms with Gasteiger partial charge in [0.15, 0.2) is 5.69 Å². The summed E-state index contributed by atoms with van der Waals surface area (Å²) in [6.45, 7) is 9.30. The summed E-state index contributed by atoms with van der Waals surface area (Å²) < 4.78 is 20.4. The molecule has 4 N–H and O–H groups in total. The lowest BCUT2D eigenvalue weighted by atomic mass is 9.79. The van der Waals surface area contributed by atoms with Crippen molar-refractivity contribution in [3.8, 4) is 0 Å². The molecule has 2 aliphatic carbocycles. The number of amides is 4. The number of piperazine rings is 1. The van der Waals surface area contributed by atoms with E-state index in [1.165, 1.54) is 12.1 Å². The first-order chi connectivity index (χ1) is 22.0. The van der Waals surface area contributed by atoms with E-state index < -0.39 is 35.6 Å². The van der Waals surface area contributed by atoms with Crippen molar-refractivity contribution in [3.05, 3.63) is 41.0 Å². The molecule has 1 spiro atoms. The van der Waals surface area contributed by atoms with E-state index in [0.29, 0.717) is 43.2 Å². The Morgan fingerprint density at radius 3 is 2.50 bits per heavy atom. The van der Waals surface area contributed by atoms with Crippen LogP contribution in [0.2, 0.25) is 0 Å². The zero-order valence-electron chi connectivity index (χ0n) is 27.2. The molecule has 13 heteroatoms. The normalized spacial score (nSPS) is 22.4. The van der Waals surface area contributed by atoms with Crippen LogP contribution >= 0.6 is 0 Å². The van der Waals surface area contributed by atoms with E-state index in [9.17, 15) is 19.2 Å². The second-order valence-corrected chi connectivity index (χ2v) is 13.3. The van der Waals surface area contributed by atoms with Crippen molar-refractivity contribution in [2.45, 2.75) is 103 Å². The summed E-state index contributed by atoms with van der Waals surface area (Å²) in [5, 5.41) is 19.4. The van der Waals surface area contributed by atoms with Gasteiger partial charge in [0.05, 0.1) is 5.69 Å². The minimum Gasteiger partial charge on any atom is -0.344 e. The Morgan fingerprint density at radius 1 is 1.11 bits per heavy atom. The van der Waals surface area contributed by atoms with E-state index in [0.717, 1.165) is 38.5 Å². The highest BCUT2D eigenvalue weighted by molar-refractivity contribution is 6.01. The number of aryl methyl sites for hydroxylation is 1. The number of hydrogen-bond donors (Lipinski definition) is 4. The fourth-order valence-corrected chi connectivity index (χ4v) is 6.66. The van der Waals surface area contributed by atoms with Crippen LogP contribution in [0, 0.1) is 17.7 Å². The van der Waals surface area contributed by atoms with Crippen LogP contribution in [0.25, 0.3) is 0 Å². The lowest BCUT2D eigenvalue weighted by molar-refractivity contribution is -0.138. The van der Waals surface area contributed by atoms with Crippen LogP contribution in [-0.2, 0) is 20.8 Å². The molecule has 0 radical (unpaired) electrons. The zero-order chi connectivity index (χ0) is 33.0. The van der Waals surface area contributed by atoms with E-state index in [1.54, 1.807) is 24.8 Å². The van der Waals surface area contributed by atoms with Gasteiger partial charge in [-0.2, -0.15) is 0 Å². The van der Waals surface area contributed by atoms with E-state index in [1.807, 2.05) is 6.92 Å². The highest BCUT2D eigenvalue weighted by atomic mass is 19.1. The van der Waals surface area contributed by atoms with Crippen molar-refractivity contribution in [1.82, 2.24) is 31.2 Å². The molecule has 4 amide bonds. The van der Waals surface area contributed by atoms with Crippen LogP contribution < -0.4 is 21.3 Å². The molecule has 12 nitrogen and oxygen atoms in total. The first-order valence-corrected chi connectivity index (χ1v) is 16.6. The fourth-order valence-electron chi connectivity index (χ4n) is 6.66. The number of aromatic nitrogens is 2. The number of hydrogen-bond acceptors (Lipinski definition) is 8. The van der Waals surface area contributed by atoms with Gasteiger partial charge in [-0.05, 0) is 66.8 Å². The highest BCUT2D eigenvalue weighted by Crippen LogP contribution is 2.38. The van der Waals surface area contributed by atoms with Crippen molar-refractivity contribution >= 4 is 29.3 Å². The molecule has 1 aromatic heterocycles. The van der Waals surface area contributed by atoms with E-state index in [4.69, 9.17) is 4.63 Å². The second-order valence-electron chi connectivity index (χ2n) is 13.3. The second kappa shape index (κ2) is 14.3. The number of carbonyl (C=O) groups is 4. The Kier molecular flexibility index (Phi) is 10.4. The fraction of sp³-hybridized carbons (Fsp3) is 0.636. The average molecular weight is 640 g/mol. The van der Waals surface area contributed by atoms with Crippen LogP contribution in [0.3, 0.4) is 0 Å². The Morgan fingerprint density at radius 2 is 1.85 bits per heavy atom. The van der Waals surface area contributed by atoms with Crippen LogP contribution in [0.5, 0.6) is 0 Å². The quantitative estimate of drug-likeness (QED) is 0.292. The van der Waals surface area contributed by atoms with Gasteiger partial charge in [-0.15, -0.1) is 0 Å². The Balaban J connectivity index is 1.32. The minimum atomic E-state index is -0.917. The topological polar surface area (TPSA) is 159 Å². The molecule has 250 valence electrons. The standard InChI is InChI=1S/C33H46FN7O5/c1-5-24-29(40-46-39-24)31(44)38-28(21-9-7-19(3)8-10-21)30(43)36-25-12-11-22(17-23(25)34)20(4)27(37-26(42)6-2)32(45)41-16-15-35-33(18-41)13-14-33/h11-12,17,19-21,27-28,35H,5-10,13-16,18H2,1-4H3,(H,36,43)(H,37,42)(H,38,44)/t19-,20-,21-,27+,28-/m0/s1. The Hall–Kier alpha value is -3.87. The maximum atomic E-state index is 15.6. The predicted octanol–water partition coefficient (Wildman–Crippen LogP) is 3.30. The first-order valence-electron chi connectivity index (χ1n) is 16.6.